The molecule has 0 aliphatic heterocycles. The third-order valence-electron chi connectivity index (χ3n) is 4.72. The molecule has 2 aromatic carbocycles. The van der Waals surface area contributed by atoms with Crippen LogP contribution in [-0.4, -0.2) is 45.4 Å². The monoisotopic (exact) mass is 434 g/mol. The van der Waals surface area contributed by atoms with Crippen LogP contribution < -0.4 is 14.8 Å². The van der Waals surface area contributed by atoms with Gasteiger partial charge in [0, 0.05) is 24.0 Å². The van der Waals surface area contributed by atoms with Crippen molar-refractivity contribution < 1.29 is 18.8 Å². The van der Waals surface area contributed by atoms with Crippen LogP contribution in [0.3, 0.4) is 0 Å². The first-order valence-electron chi connectivity index (χ1n) is 9.94. The Labute approximate surface area is 184 Å². The molecular weight excluding hydrogens is 412 g/mol. The number of aromatic nitrogens is 5. The highest BCUT2D eigenvalue weighted by Gasteiger charge is 2.12. The lowest BCUT2D eigenvalue weighted by Crippen LogP contribution is -2.23. The van der Waals surface area contributed by atoms with Crippen molar-refractivity contribution in [3.05, 3.63) is 60.2 Å². The van der Waals surface area contributed by atoms with Crippen molar-refractivity contribution in [3.63, 3.8) is 0 Å². The zero-order chi connectivity index (χ0) is 22.3. The van der Waals surface area contributed by atoms with Gasteiger partial charge in [-0.25, -0.2) is 4.98 Å². The number of H-pyrrole nitrogens is 1. The van der Waals surface area contributed by atoms with E-state index in [1.807, 2.05) is 48.5 Å². The standard InChI is InChI=1S/C22H22N6O4/c1-30-16-7-3-14(4-8-16)21-24-18(26-27-21)13-23-19(29)11-12-20-25-22(28-32-20)15-5-9-17(31-2)10-6-15/h3-10H,11-13H2,1-2H3,(H,23,29)(H,24,26,27). The molecule has 10 nitrogen and oxygen atoms in total. The number of hydrogen-bond acceptors (Lipinski definition) is 8. The molecular formula is C22H22N6O4. The number of aromatic amines is 1. The van der Waals surface area contributed by atoms with Crippen molar-refractivity contribution in [1.29, 1.82) is 0 Å². The number of carbonyl (C=O) groups excluding carboxylic acids is 1. The summed E-state index contributed by atoms with van der Waals surface area (Å²) in [4.78, 5) is 20.9. The van der Waals surface area contributed by atoms with Gasteiger partial charge in [0.05, 0.1) is 20.8 Å². The fourth-order valence-electron chi connectivity index (χ4n) is 2.95. The van der Waals surface area contributed by atoms with Crippen LogP contribution in [0.15, 0.2) is 53.1 Å². The normalized spacial score (nSPS) is 10.7. The van der Waals surface area contributed by atoms with Gasteiger partial charge in [0.2, 0.25) is 17.6 Å². The number of carbonyl (C=O) groups is 1. The number of amides is 1. The lowest BCUT2D eigenvalue weighted by atomic mass is 10.2. The number of ether oxygens (including phenoxy) is 2. The maximum atomic E-state index is 12.2. The van der Waals surface area contributed by atoms with Gasteiger partial charge in [0.1, 0.15) is 17.3 Å². The molecule has 0 saturated carbocycles. The van der Waals surface area contributed by atoms with E-state index in [2.05, 4.69) is 30.6 Å². The third-order valence-corrected chi connectivity index (χ3v) is 4.72. The van der Waals surface area contributed by atoms with E-state index < -0.39 is 0 Å². The average Bonchev–Trinajstić information content (AvgIpc) is 3.51. The molecule has 2 heterocycles. The first kappa shape index (κ1) is 21.0. The first-order chi connectivity index (χ1) is 15.6. The summed E-state index contributed by atoms with van der Waals surface area (Å²) in [5, 5.41) is 13.8. The van der Waals surface area contributed by atoms with Crippen LogP contribution in [0, 0.1) is 0 Å². The lowest BCUT2D eigenvalue weighted by molar-refractivity contribution is -0.121. The molecule has 0 aliphatic carbocycles. The topological polar surface area (TPSA) is 128 Å². The summed E-state index contributed by atoms with van der Waals surface area (Å²) < 4.78 is 15.5. The second kappa shape index (κ2) is 9.73. The highest BCUT2D eigenvalue weighted by molar-refractivity contribution is 5.76. The van der Waals surface area contributed by atoms with Crippen molar-refractivity contribution in [3.8, 4) is 34.3 Å². The van der Waals surface area contributed by atoms with E-state index in [0.29, 0.717) is 29.8 Å². The van der Waals surface area contributed by atoms with Crippen molar-refractivity contribution in [1.82, 2.24) is 30.6 Å². The van der Waals surface area contributed by atoms with E-state index in [-0.39, 0.29) is 18.9 Å². The molecule has 32 heavy (non-hydrogen) atoms. The van der Waals surface area contributed by atoms with Gasteiger partial charge in [-0.3, -0.25) is 9.89 Å². The van der Waals surface area contributed by atoms with Crippen molar-refractivity contribution >= 4 is 5.91 Å². The second-order valence-corrected chi connectivity index (χ2v) is 6.85. The fraction of sp³-hybridized carbons (Fsp3) is 0.227. The molecule has 0 bridgehead atoms. The summed E-state index contributed by atoms with van der Waals surface area (Å²) in [6, 6.07) is 14.7. The van der Waals surface area contributed by atoms with Crippen LogP contribution in [0.5, 0.6) is 11.5 Å². The molecule has 0 atom stereocenters. The Morgan fingerprint density at radius 1 is 0.938 bits per heavy atom. The third kappa shape index (κ3) is 5.09. The Balaban J connectivity index is 1.26. The van der Waals surface area contributed by atoms with Crippen LogP contribution >= 0.6 is 0 Å². The Hall–Kier alpha value is -4.21. The summed E-state index contributed by atoms with van der Waals surface area (Å²) >= 11 is 0. The highest BCUT2D eigenvalue weighted by atomic mass is 16.5. The summed E-state index contributed by atoms with van der Waals surface area (Å²) in [5.74, 6) is 3.32. The minimum atomic E-state index is -0.156. The van der Waals surface area contributed by atoms with E-state index in [4.69, 9.17) is 14.0 Å². The largest absolute Gasteiger partial charge is 0.497 e. The Morgan fingerprint density at radius 2 is 1.56 bits per heavy atom. The average molecular weight is 434 g/mol. The molecule has 1 amide bonds. The fourth-order valence-corrected chi connectivity index (χ4v) is 2.95. The first-order valence-corrected chi connectivity index (χ1v) is 9.94. The zero-order valence-electron chi connectivity index (χ0n) is 17.7. The van der Waals surface area contributed by atoms with Crippen molar-refractivity contribution in [2.45, 2.75) is 19.4 Å². The highest BCUT2D eigenvalue weighted by Crippen LogP contribution is 2.20. The molecule has 10 heteroatoms. The second-order valence-electron chi connectivity index (χ2n) is 6.85. The Kier molecular flexibility index (Phi) is 6.40. The van der Waals surface area contributed by atoms with Gasteiger partial charge in [-0.1, -0.05) is 5.16 Å². The quantitative estimate of drug-likeness (QED) is 0.412. The van der Waals surface area contributed by atoms with E-state index in [1.165, 1.54) is 0 Å². The van der Waals surface area contributed by atoms with Gasteiger partial charge in [0.15, 0.2) is 5.82 Å². The molecule has 0 spiro atoms. The van der Waals surface area contributed by atoms with Gasteiger partial charge in [-0.15, -0.1) is 0 Å². The number of hydrogen-bond donors (Lipinski definition) is 2. The smallest absolute Gasteiger partial charge is 0.227 e. The predicted molar refractivity (Wildman–Crippen MR) is 115 cm³/mol. The van der Waals surface area contributed by atoms with E-state index in [0.717, 1.165) is 22.6 Å². The number of nitrogens with zero attached hydrogens (tertiary/aromatic N) is 4. The van der Waals surface area contributed by atoms with Crippen LogP contribution in [0.4, 0.5) is 0 Å². The minimum absolute atomic E-state index is 0.156. The van der Waals surface area contributed by atoms with E-state index in [9.17, 15) is 4.79 Å². The van der Waals surface area contributed by atoms with Gasteiger partial charge in [-0.2, -0.15) is 10.1 Å². The molecule has 0 saturated heterocycles. The van der Waals surface area contributed by atoms with Crippen LogP contribution in [-0.2, 0) is 17.8 Å². The van der Waals surface area contributed by atoms with E-state index >= 15 is 0 Å². The number of nitrogens with one attached hydrogen (secondary N) is 2. The van der Waals surface area contributed by atoms with Crippen LogP contribution in [0.2, 0.25) is 0 Å². The lowest BCUT2D eigenvalue weighted by Gasteiger charge is -2.01. The van der Waals surface area contributed by atoms with E-state index in [1.54, 1.807) is 14.2 Å². The molecule has 2 aromatic heterocycles. The number of methoxy groups -OCH3 is 2. The maximum Gasteiger partial charge on any atom is 0.227 e. The van der Waals surface area contributed by atoms with Gasteiger partial charge in [-0.05, 0) is 48.5 Å². The molecule has 4 aromatic rings. The summed E-state index contributed by atoms with van der Waals surface area (Å²) in [6.07, 6.45) is 0.548. The summed E-state index contributed by atoms with van der Waals surface area (Å²) in [5.41, 5.74) is 1.66. The molecule has 0 unspecified atom stereocenters. The van der Waals surface area contributed by atoms with Crippen LogP contribution in [0.1, 0.15) is 18.1 Å². The SMILES string of the molecule is COc1ccc(-c2n[nH]c(CNC(=O)CCc3nc(-c4ccc(OC)cc4)no3)n2)cc1. The molecule has 164 valence electrons. The summed E-state index contributed by atoms with van der Waals surface area (Å²) in [6.45, 7) is 0.239. The molecule has 0 radical (unpaired) electrons. The number of aryl methyl sites for hydroxylation is 1. The van der Waals surface area contributed by atoms with Crippen molar-refractivity contribution in [2.75, 3.05) is 14.2 Å². The Bertz CT molecular complexity index is 1080. The maximum absolute atomic E-state index is 12.2. The van der Waals surface area contributed by atoms with Gasteiger partial charge >= 0.3 is 0 Å². The predicted octanol–water partition coefficient (Wildman–Crippen LogP) is 2.79. The summed E-state index contributed by atoms with van der Waals surface area (Å²) in [7, 11) is 3.22. The minimum Gasteiger partial charge on any atom is -0.497 e. The van der Waals surface area contributed by atoms with Gasteiger partial charge < -0.3 is 19.3 Å². The number of benzene rings is 2. The Morgan fingerprint density at radius 3 is 2.19 bits per heavy atom. The molecule has 4 rings (SSSR count). The molecule has 0 fully saturated rings. The van der Waals surface area contributed by atoms with Crippen LogP contribution in [0.25, 0.3) is 22.8 Å². The van der Waals surface area contributed by atoms with Crippen molar-refractivity contribution in [2.24, 2.45) is 0 Å². The zero-order valence-corrected chi connectivity index (χ0v) is 17.7. The molecule has 2 N–H and O–H groups in total. The molecule has 0 aliphatic rings. The van der Waals surface area contributed by atoms with Gasteiger partial charge in [0.25, 0.3) is 0 Å². The number of rotatable bonds is 9.